The Labute approximate surface area is 193 Å². The minimum Gasteiger partial charge on any atom is -0.462 e. The van der Waals surface area contributed by atoms with Crippen molar-refractivity contribution in [2.75, 3.05) is 11.9 Å². The van der Waals surface area contributed by atoms with Gasteiger partial charge in [-0.1, -0.05) is 59.9 Å². The highest BCUT2D eigenvalue weighted by atomic mass is 32.1. The molecule has 162 valence electrons. The van der Waals surface area contributed by atoms with Gasteiger partial charge in [0.25, 0.3) is 5.91 Å². The Kier molecular flexibility index (Phi) is 5.54. The number of benzene rings is 3. The van der Waals surface area contributed by atoms with Crippen molar-refractivity contribution in [1.29, 1.82) is 0 Å². The first kappa shape index (κ1) is 20.8. The van der Waals surface area contributed by atoms with Crippen LogP contribution in [-0.4, -0.2) is 28.5 Å². The summed E-state index contributed by atoms with van der Waals surface area (Å²) in [6, 6.07) is 24.3. The largest absolute Gasteiger partial charge is 0.462 e. The van der Waals surface area contributed by atoms with E-state index in [-0.39, 0.29) is 11.9 Å². The fourth-order valence-corrected chi connectivity index (χ4v) is 4.50. The van der Waals surface area contributed by atoms with E-state index >= 15 is 0 Å². The predicted octanol–water partition coefficient (Wildman–Crippen LogP) is 5.94. The van der Waals surface area contributed by atoms with Gasteiger partial charge in [0.2, 0.25) is 0 Å². The van der Waals surface area contributed by atoms with Gasteiger partial charge in [-0.15, -0.1) is 0 Å². The summed E-state index contributed by atoms with van der Waals surface area (Å²) in [6.07, 6.45) is 0. The second kappa shape index (κ2) is 8.80. The minimum atomic E-state index is -0.380. The Bertz CT molecular complexity index is 1500. The Morgan fingerprint density at radius 1 is 0.909 bits per heavy atom. The molecule has 5 rings (SSSR count). The van der Waals surface area contributed by atoms with E-state index in [0.717, 1.165) is 26.9 Å². The number of nitrogens with zero attached hydrogens (tertiary/aromatic N) is 2. The van der Waals surface area contributed by atoms with E-state index in [4.69, 9.17) is 9.72 Å². The summed E-state index contributed by atoms with van der Waals surface area (Å²) in [5.41, 5.74) is 4.08. The number of carbonyl (C=O) groups excluding carboxylic acids is 2. The van der Waals surface area contributed by atoms with Crippen molar-refractivity contribution in [3.63, 3.8) is 0 Å². The van der Waals surface area contributed by atoms with Gasteiger partial charge in [0.15, 0.2) is 5.13 Å². The molecular weight excluding hydrogens is 434 g/mol. The number of thiazole rings is 1. The summed E-state index contributed by atoms with van der Waals surface area (Å²) < 4.78 is 5.86. The molecule has 33 heavy (non-hydrogen) atoms. The van der Waals surface area contributed by atoms with E-state index in [2.05, 4.69) is 10.3 Å². The van der Waals surface area contributed by atoms with Crippen LogP contribution in [0.1, 0.15) is 27.6 Å². The predicted molar refractivity (Wildman–Crippen MR) is 131 cm³/mol. The molecule has 0 aliphatic heterocycles. The fraction of sp³-hybridized carbons (Fsp3) is 0.0769. The van der Waals surface area contributed by atoms with Crippen LogP contribution < -0.4 is 5.32 Å². The Hall–Kier alpha value is -4.10. The molecule has 0 aliphatic carbocycles. The average Bonchev–Trinajstić information content (AvgIpc) is 3.25. The molecule has 0 atom stereocenters. The summed E-state index contributed by atoms with van der Waals surface area (Å²) in [4.78, 5) is 34.6. The van der Waals surface area contributed by atoms with E-state index in [1.807, 2.05) is 54.6 Å². The maximum Gasteiger partial charge on any atom is 0.338 e. The summed E-state index contributed by atoms with van der Waals surface area (Å²) in [5.74, 6) is -0.648. The molecule has 0 bridgehead atoms. The number of para-hydroxylation sites is 1. The van der Waals surface area contributed by atoms with Crippen LogP contribution in [0.2, 0.25) is 0 Å². The van der Waals surface area contributed by atoms with Crippen molar-refractivity contribution in [2.45, 2.75) is 6.92 Å². The van der Waals surface area contributed by atoms with Gasteiger partial charge in [0, 0.05) is 10.9 Å². The van der Waals surface area contributed by atoms with Crippen LogP contribution in [0.5, 0.6) is 0 Å². The van der Waals surface area contributed by atoms with Gasteiger partial charge < -0.3 is 4.74 Å². The van der Waals surface area contributed by atoms with Gasteiger partial charge in [-0.05, 0) is 37.3 Å². The number of rotatable bonds is 5. The summed E-state index contributed by atoms with van der Waals surface area (Å²) in [7, 11) is 0. The van der Waals surface area contributed by atoms with Crippen LogP contribution in [-0.2, 0) is 4.74 Å². The topological polar surface area (TPSA) is 81.2 Å². The molecule has 0 saturated heterocycles. The third-order valence-electron chi connectivity index (χ3n) is 5.15. The summed E-state index contributed by atoms with van der Waals surface area (Å²) in [5, 5.41) is 4.14. The van der Waals surface area contributed by atoms with Crippen molar-refractivity contribution in [3.8, 4) is 11.3 Å². The number of anilines is 1. The quantitative estimate of drug-likeness (QED) is 0.333. The third-order valence-corrected chi connectivity index (χ3v) is 6.08. The molecule has 5 aromatic rings. The van der Waals surface area contributed by atoms with E-state index in [1.54, 1.807) is 31.2 Å². The lowest BCUT2D eigenvalue weighted by atomic mass is 10.0. The van der Waals surface area contributed by atoms with E-state index < -0.39 is 0 Å². The Morgan fingerprint density at radius 3 is 2.52 bits per heavy atom. The van der Waals surface area contributed by atoms with Crippen molar-refractivity contribution < 1.29 is 14.3 Å². The molecule has 6 nitrogen and oxygen atoms in total. The highest BCUT2D eigenvalue weighted by molar-refractivity contribution is 7.22. The van der Waals surface area contributed by atoms with E-state index in [0.29, 0.717) is 28.4 Å². The molecule has 0 fully saturated rings. The van der Waals surface area contributed by atoms with Gasteiger partial charge in [-0.2, -0.15) is 0 Å². The number of nitrogens with one attached hydrogen (secondary N) is 1. The number of hydrogen-bond donors (Lipinski definition) is 1. The first-order chi connectivity index (χ1) is 16.1. The first-order valence-corrected chi connectivity index (χ1v) is 11.3. The second-order valence-corrected chi connectivity index (χ2v) is 8.34. The maximum absolute atomic E-state index is 13.3. The highest BCUT2D eigenvalue weighted by Crippen LogP contribution is 2.29. The molecule has 0 spiro atoms. The van der Waals surface area contributed by atoms with E-state index in [9.17, 15) is 9.59 Å². The van der Waals surface area contributed by atoms with Crippen molar-refractivity contribution in [1.82, 2.24) is 9.97 Å². The zero-order chi connectivity index (χ0) is 22.8. The van der Waals surface area contributed by atoms with Crippen molar-refractivity contribution in [3.05, 3.63) is 90.0 Å². The van der Waals surface area contributed by atoms with Gasteiger partial charge in [-0.25, -0.2) is 14.8 Å². The van der Waals surface area contributed by atoms with Crippen LogP contribution in [0.3, 0.4) is 0 Å². The van der Waals surface area contributed by atoms with Crippen LogP contribution in [0.25, 0.3) is 32.4 Å². The minimum absolute atomic E-state index is 0.268. The first-order valence-electron chi connectivity index (χ1n) is 10.5. The number of hydrogen-bond acceptors (Lipinski definition) is 6. The fourth-order valence-electron chi connectivity index (χ4n) is 3.60. The van der Waals surface area contributed by atoms with Gasteiger partial charge >= 0.3 is 5.97 Å². The Morgan fingerprint density at radius 2 is 1.70 bits per heavy atom. The zero-order valence-corrected chi connectivity index (χ0v) is 18.6. The average molecular weight is 454 g/mol. The van der Waals surface area contributed by atoms with Gasteiger partial charge in [0.05, 0.1) is 39.2 Å². The van der Waals surface area contributed by atoms with Crippen molar-refractivity contribution >= 4 is 49.5 Å². The highest BCUT2D eigenvalue weighted by Gasteiger charge is 2.16. The Balaban J connectivity index is 1.50. The lowest BCUT2D eigenvalue weighted by Crippen LogP contribution is -2.13. The van der Waals surface area contributed by atoms with Gasteiger partial charge in [0.1, 0.15) is 0 Å². The normalized spacial score (nSPS) is 10.9. The molecule has 7 heteroatoms. The summed E-state index contributed by atoms with van der Waals surface area (Å²) >= 11 is 1.31. The molecule has 1 amide bonds. The SMILES string of the molecule is CCOC(=O)c1ccc2nc(NC(=O)c3cc(-c4ccccc4)nc4ccccc34)sc2c1. The van der Waals surface area contributed by atoms with E-state index in [1.165, 1.54) is 11.3 Å². The van der Waals surface area contributed by atoms with Crippen LogP contribution >= 0.6 is 11.3 Å². The number of carbonyl (C=O) groups is 2. The zero-order valence-electron chi connectivity index (χ0n) is 17.7. The molecule has 1 N–H and O–H groups in total. The molecule has 3 aromatic carbocycles. The molecular formula is C26H19N3O3S. The van der Waals surface area contributed by atoms with Crippen LogP contribution in [0.4, 0.5) is 5.13 Å². The monoisotopic (exact) mass is 453 g/mol. The van der Waals surface area contributed by atoms with Crippen LogP contribution in [0.15, 0.2) is 78.9 Å². The lowest BCUT2D eigenvalue weighted by Gasteiger charge is -2.09. The molecule has 0 unspecified atom stereocenters. The number of pyridine rings is 1. The standard InChI is InChI=1S/C26H19N3O3S/c1-2-32-25(31)17-12-13-21-23(14-17)33-26(28-21)29-24(30)19-15-22(16-8-4-3-5-9-16)27-20-11-7-6-10-18(19)20/h3-15H,2H2,1H3,(H,28,29,30). The number of amides is 1. The number of aromatic nitrogens is 2. The summed E-state index contributed by atoms with van der Waals surface area (Å²) in [6.45, 7) is 2.08. The molecule has 0 saturated carbocycles. The molecule has 2 heterocycles. The molecule has 2 aromatic heterocycles. The number of fused-ring (bicyclic) bond motifs is 2. The third kappa shape index (κ3) is 4.18. The second-order valence-electron chi connectivity index (χ2n) is 7.31. The molecule has 0 radical (unpaired) electrons. The van der Waals surface area contributed by atoms with Crippen molar-refractivity contribution in [2.24, 2.45) is 0 Å². The molecule has 0 aliphatic rings. The van der Waals surface area contributed by atoms with Gasteiger partial charge in [-0.3, -0.25) is 10.1 Å². The number of ether oxygens (including phenoxy) is 1. The number of esters is 1. The van der Waals surface area contributed by atoms with Crippen LogP contribution in [0, 0.1) is 0 Å². The maximum atomic E-state index is 13.3. The lowest BCUT2D eigenvalue weighted by molar-refractivity contribution is 0.0526. The smallest absolute Gasteiger partial charge is 0.338 e.